The smallest absolute Gasteiger partial charge is 0.374 e. The lowest BCUT2D eigenvalue weighted by molar-refractivity contribution is -0.137. The van der Waals surface area contributed by atoms with Gasteiger partial charge in [0.25, 0.3) is 5.91 Å². The molecule has 1 aromatic carbocycles. The molecular formula is C18H22F3N3O5S. The van der Waals surface area contributed by atoms with Crippen LogP contribution in [0.5, 0.6) is 0 Å². The Hall–Kier alpha value is -2.18. The van der Waals surface area contributed by atoms with Crippen molar-refractivity contribution in [3.63, 3.8) is 0 Å². The molecule has 0 N–H and O–H groups in total. The number of hydrogen-bond donors (Lipinski definition) is 0. The van der Waals surface area contributed by atoms with Crippen molar-refractivity contribution in [2.75, 3.05) is 46.1 Å². The summed E-state index contributed by atoms with van der Waals surface area (Å²) in [5.74, 6) is -1.21. The third kappa shape index (κ3) is 4.60. The number of benzene rings is 1. The van der Waals surface area contributed by atoms with Crippen LogP contribution in [0.15, 0.2) is 24.3 Å². The lowest BCUT2D eigenvalue weighted by Crippen LogP contribution is -2.50. The van der Waals surface area contributed by atoms with Crippen LogP contribution in [-0.2, 0) is 25.7 Å². The van der Waals surface area contributed by atoms with Gasteiger partial charge in [0.2, 0.25) is 15.9 Å². The third-order valence-electron chi connectivity index (χ3n) is 5.17. The monoisotopic (exact) mass is 449 g/mol. The molecule has 2 amide bonds. The minimum atomic E-state index is -4.51. The van der Waals surface area contributed by atoms with E-state index in [0.717, 1.165) is 28.6 Å². The number of amides is 2. The zero-order valence-corrected chi connectivity index (χ0v) is 17.2. The molecule has 12 heteroatoms. The molecule has 2 fully saturated rings. The number of carbonyl (C=O) groups is 2. The molecule has 0 unspecified atom stereocenters. The number of rotatable bonds is 3. The molecule has 0 spiro atoms. The highest BCUT2D eigenvalue weighted by Gasteiger charge is 2.46. The van der Waals surface area contributed by atoms with Crippen LogP contribution < -0.4 is 0 Å². The summed E-state index contributed by atoms with van der Waals surface area (Å²) in [4.78, 5) is 27.6. The van der Waals surface area contributed by atoms with Gasteiger partial charge in [0, 0.05) is 32.7 Å². The molecule has 166 valence electrons. The molecule has 8 nitrogen and oxygen atoms in total. The van der Waals surface area contributed by atoms with Crippen LogP contribution in [0.2, 0.25) is 0 Å². The molecule has 1 aromatic rings. The van der Waals surface area contributed by atoms with Crippen molar-refractivity contribution in [3.8, 4) is 0 Å². The van der Waals surface area contributed by atoms with Crippen LogP contribution >= 0.6 is 0 Å². The van der Waals surface area contributed by atoms with Crippen molar-refractivity contribution >= 4 is 21.8 Å². The normalized spacial score (nSPS) is 24.2. The molecular weight excluding hydrogens is 427 g/mol. The number of likely N-dealkylation sites (tertiary alicyclic amines) is 1. The van der Waals surface area contributed by atoms with Crippen molar-refractivity contribution in [3.05, 3.63) is 35.4 Å². The SMILES string of the molecule is CN(C)C(=O)CN1[C@@H]2CN(C(=O)c3ccc(C(F)(F)F)cc3)C[C@@H]2OCCS1(=O)=O. The second-order valence-electron chi connectivity index (χ2n) is 7.41. The zero-order chi connectivity index (χ0) is 22.3. The van der Waals surface area contributed by atoms with Crippen LogP contribution in [-0.4, -0.2) is 92.6 Å². The molecule has 0 saturated carbocycles. The number of ether oxygens (including phenoxy) is 1. The van der Waals surface area contributed by atoms with Crippen molar-refractivity contribution < 1.29 is 35.9 Å². The quantitative estimate of drug-likeness (QED) is 0.676. The van der Waals surface area contributed by atoms with Crippen LogP contribution in [0.1, 0.15) is 15.9 Å². The highest BCUT2D eigenvalue weighted by molar-refractivity contribution is 7.89. The van der Waals surface area contributed by atoms with Gasteiger partial charge in [-0.15, -0.1) is 0 Å². The number of hydrogen-bond acceptors (Lipinski definition) is 5. The van der Waals surface area contributed by atoms with E-state index in [2.05, 4.69) is 0 Å². The molecule has 0 aliphatic carbocycles. The number of halogens is 3. The highest BCUT2D eigenvalue weighted by atomic mass is 32.2. The van der Waals surface area contributed by atoms with Crippen LogP contribution in [0.3, 0.4) is 0 Å². The first-order chi connectivity index (χ1) is 13.9. The Kier molecular flexibility index (Phi) is 6.12. The van der Waals surface area contributed by atoms with Crippen LogP contribution in [0.4, 0.5) is 13.2 Å². The van der Waals surface area contributed by atoms with Gasteiger partial charge in [-0.05, 0) is 24.3 Å². The summed E-state index contributed by atoms with van der Waals surface area (Å²) < 4.78 is 70.2. The van der Waals surface area contributed by atoms with Gasteiger partial charge in [-0.3, -0.25) is 9.59 Å². The Morgan fingerprint density at radius 2 is 1.80 bits per heavy atom. The van der Waals surface area contributed by atoms with Crippen LogP contribution in [0.25, 0.3) is 0 Å². The number of sulfonamides is 1. The molecule has 2 aliphatic rings. The molecule has 0 radical (unpaired) electrons. The Morgan fingerprint density at radius 3 is 2.37 bits per heavy atom. The Bertz CT molecular complexity index is 918. The number of carbonyl (C=O) groups excluding carboxylic acids is 2. The predicted molar refractivity (Wildman–Crippen MR) is 100 cm³/mol. The summed E-state index contributed by atoms with van der Waals surface area (Å²) in [6.07, 6.45) is -5.14. The standard InChI is InChI=1S/C18H22F3N3O5S/c1-22(2)16(25)11-24-14-9-23(10-15(14)29-7-8-30(24,27)28)17(26)12-3-5-13(6-4-12)18(19,20)21/h3-6,14-15H,7-11H2,1-2H3/t14-,15+/m1/s1. The lowest BCUT2D eigenvalue weighted by atomic mass is 10.1. The van der Waals surface area contributed by atoms with E-state index >= 15 is 0 Å². The van der Waals surface area contributed by atoms with Gasteiger partial charge in [-0.2, -0.15) is 17.5 Å². The van der Waals surface area contributed by atoms with Crippen molar-refractivity contribution in [1.82, 2.24) is 14.1 Å². The van der Waals surface area contributed by atoms with Crippen LogP contribution in [0, 0.1) is 0 Å². The van der Waals surface area contributed by atoms with Gasteiger partial charge >= 0.3 is 6.18 Å². The van der Waals surface area contributed by atoms with Gasteiger partial charge in [0.05, 0.1) is 36.6 Å². The van der Waals surface area contributed by atoms with E-state index in [4.69, 9.17) is 4.74 Å². The maximum absolute atomic E-state index is 12.8. The lowest BCUT2D eigenvalue weighted by Gasteiger charge is -2.28. The second kappa shape index (κ2) is 8.16. The van der Waals surface area contributed by atoms with E-state index in [1.807, 2.05) is 0 Å². The molecule has 30 heavy (non-hydrogen) atoms. The average Bonchev–Trinajstić information content (AvgIpc) is 3.03. The first-order valence-corrected chi connectivity index (χ1v) is 10.8. The molecule has 2 saturated heterocycles. The third-order valence-corrected chi connectivity index (χ3v) is 6.97. The fourth-order valence-corrected chi connectivity index (χ4v) is 4.93. The summed E-state index contributed by atoms with van der Waals surface area (Å²) in [5.41, 5.74) is -0.813. The average molecular weight is 449 g/mol. The minimum Gasteiger partial charge on any atom is -0.374 e. The maximum Gasteiger partial charge on any atom is 0.416 e. The van der Waals surface area contributed by atoms with Crippen molar-refractivity contribution in [1.29, 1.82) is 0 Å². The van der Waals surface area contributed by atoms with Gasteiger partial charge in [-0.1, -0.05) is 0 Å². The fourth-order valence-electron chi connectivity index (χ4n) is 3.47. The number of likely N-dealkylation sites (N-methyl/N-ethyl adjacent to an activating group) is 1. The maximum atomic E-state index is 12.8. The summed E-state index contributed by atoms with van der Waals surface area (Å²) >= 11 is 0. The summed E-state index contributed by atoms with van der Waals surface area (Å²) in [6, 6.07) is 3.07. The summed E-state index contributed by atoms with van der Waals surface area (Å²) in [7, 11) is -0.761. The summed E-state index contributed by atoms with van der Waals surface area (Å²) in [5, 5.41) is 0. The molecule has 3 rings (SSSR count). The van der Waals surface area contributed by atoms with Gasteiger partial charge < -0.3 is 14.5 Å². The Balaban J connectivity index is 1.81. The molecule has 2 aliphatic heterocycles. The van der Waals surface area contributed by atoms with E-state index < -0.39 is 45.7 Å². The van der Waals surface area contributed by atoms with E-state index in [1.54, 1.807) is 0 Å². The van der Waals surface area contributed by atoms with E-state index in [1.165, 1.54) is 23.9 Å². The predicted octanol–water partition coefficient (Wildman–Crippen LogP) is 0.649. The molecule has 2 heterocycles. The minimum absolute atomic E-state index is 0.0234. The topological polar surface area (TPSA) is 87.2 Å². The second-order valence-corrected chi connectivity index (χ2v) is 9.45. The Morgan fingerprint density at radius 1 is 1.17 bits per heavy atom. The molecule has 0 bridgehead atoms. The van der Waals surface area contributed by atoms with E-state index in [9.17, 15) is 31.2 Å². The number of nitrogens with zero attached hydrogens (tertiary/aromatic N) is 3. The van der Waals surface area contributed by atoms with Gasteiger partial charge in [-0.25, -0.2) is 8.42 Å². The van der Waals surface area contributed by atoms with Crippen molar-refractivity contribution in [2.24, 2.45) is 0 Å². The first-order valence-electron chi connectivity index (χ1n) is 9.18. The highest BCUT2D eigenvalue weighted by Crippen LogP contribution is 2.30. The van der Waals surface area contributed by atoms with E-state index in [0.29, 0.717) is 0 Å². The van der Waals surface area contributed by atoms with E-state index in [-0.39, 0.29) is 37.6 Å². The first kappa shape index (κ1) is 22.5. The summed E-state index contributed by atoms with van der Waals surface area (Å²) in [6.45, 7) is -0.391. The largest absolute Gasteiger partial charge is 0.416 e. The number of alkyl halides is 3. The molecule has 2 atom stereocenters. The van der Waals surface area contributed by atoms with Gasteiger partial charge in [0.1, 0.15) is 0 Å². The zero-order valence-electron chi connectivity index (χ0n) is 16.4. The Labute approximate surface area is 172 Å². The van der Waals surface area contributed by atoms with Gasteiger partial charge in [0.15, 0.2) is 0 Å². The fraction of sp³-hybridized carbons (Fsp3) is 0.556. The number of fused-ring (bicyclic) bond motifs is 1. The van der Waals surface area contributed by atoms with Crippen molar-refractivity contribution in [2.45, 2.75) is 18.3 Å². The molecule has 0 aromatic heterocycles.